The Balaban J connectivity index is 1.41. The van der Waals surface area contributed by atoms with Crippen LogP contribution in [0.4, 0.5) is 0 Å². The molecule has 1 saturated heterocycles. The molecule has 2 aliphatic rings. The summed E-state index contributed by atoms with van der Waals surface area (Å²) < 4.78 is 0. The van der Waals surface area contributed by atoms with E-state index in [1.165, 1.54) is 30.4 Å². The van der Waals surface area contributed by atoms with Crippen LogP contribution in [0.2, 0.25) is 0 Å². The highest BCUT2D eigenvalue weighted by molar-refractivity contribution is 5.99. The smallest absolute Gasteiger partial charge is 0.270 e. The predicted molar refractivity (Wildman–Crippen MR) is 107 cm³/mol. The van der Waals surface area contributed by atoms with Crippen molar-refractivity contribution >= 4 is 22.7 Å². The van der Waals surface area contributed by atoms with Gasteiger partial charge in [-0.3, -0.25) is 9.59 Å². The van der Waals surface area contributed by atoms with Crippen molar-refractivity contribution in [1.82, 2.24) is 14.8 Å². The summed E-state index contributed by atoms with van der Waals surface area (Å²) in [6.45, 7) is 6.68. The molecule has 0 atom stereocenters. The first-order valence-electron chi connectivity index (χ1n) is 10.2. The van der Waals surface area contributed by atoms with Gasteiger partial charge in [-0.15, -0.1) is 0 Å². The normalized spacial score (nSPS) is 18.9. The number of hydrogen-bond donors (Lipinski definition) is 1. The molecule has 0 unspecified atom stereocenters. The summed E-state index contributed by atoms with van der Waals surface area (Å²) in [5.41, 5.74) is 4.03. The van der Waals surface area contributed by atoms with Crippen LogP contribution in [-0.2, 0) is 4.79 Å². The third-order valence-corrected chi connectivity index (χ3v) is 6.15. The summed E-state index contributed by atoms with van der Waals surface area (Å²) in [6, 6.07) is 6.19. The maximum Gasteiger partial charge on any atom is 0.270 e. The van der Waals surface area contributed by atoms with Crippen LogP contribution in [0, 0.1) is 19.8 Å². The topological polar surface area (TPSA) is 56.4 Å². The number of amides is 2. The maximum atomic E-state index is 12.9. The molecule has 1 aromatic carbocycles. The second-order valence-electron chi connectivity index (χ2n) is 8.18. The molecule has 1 saturated carbocycles. The summed E-state index contributed by atoms with van der Waals surface area (Å²) in [4.78, 5) is 32.8. The Morgan fingerprint density at radius 2 is 1.59 bits per heavy atom. The zero-order valence-corrected chi connectivity index (χ0v) is 16.4. The number of benzene rings is 1. The fourth-order valence-corrected chi connectivity index (χ4v) is 4.62. The minimum atomic E-state index is 0.0352. The van der Waals surface area contributed by atoms with Gasteiger partial charge in [0.05, 0.1) is 0 Å². The van der Waals surface area contributed by atoms with Crippen molar-refractivity contribution < 1.29 is 9.59 Å². The van der Waals surface area contributed by atoms with Crippen LogP contribution in [0.1, 0.15) is 53.7 Å². The molecule has 27 heavy (non-hydrogen) atoms. The monoisotopic (exact) mass is 367 g/mol. The Hall–Kier alpha value is -2.30. The van der Waals surface area contributed by atoms with Gasteiger partial charge in [-0.25, -0.2) is 0 Å². The number of hydrogen-bond acceptors (Lipinski definition) is 2. The average molecular weight is 367 g/mol. The van der Waals surface area contributed by atoms with Crippen LogP contribution in [-0.4, -0.2) is 52.8 Å². The van der Waals surface area contributed by atoms with Gasteiger partial charge in [0.25, 0.3) is 5.91 Å². The molecule has 1 N–H and O–H groups in total. The summed E-state index contributed by atoms with van der Waals surface area (Å²) in [6.07, 6.45) is 5.68. The lowest BCUT2D eigenvalue weighted by Crippen LogP contribution is -2.52. The van der Waals surface area contributed by atoms with E-state index in [2.05, 4.69) is 31.0 Å². The van der Waals surface area contributed by atoms with Gasteiger partial charge < -0.3 is 14.8 Å². The molecule has 2 heterocycles. The van der Waals surface area contributed by atoms with E-state index in [1.807, 2.05) is 15.9 Å². The molecule has 144 valence electrons. The number of rotatable bonds is 2. The number of carbonyl (C=O) groups excluding carboxylic acids is 2. The van der Waals surface area contributed by atoms with Crippen molar-refractivity contribution in [3.63, 3.8) is 0 Å². The third kappa shape index (κ3) is 3.60. The number of carbonyl (C=O) groups is 2. The first kappa shape index (κ1) is 18.1. The first-order valence-corrected chi connectivity index (χ1v) is 10.2. The van der Waals surface area contributed by atoms with Gasteiger partial charge in [-0.05, 0) is 49.9 Å². The number of aromatic amines is 1. The number of aryl methyl sites for hydroxylation is 2. The second-order valence-corrected chi connectivity index (χ2v) is 8.18. The van der Waals surface area contributed by atoms with Gasteiger partial charge >= 0.3 is 0 Å². The first-order chi connectivity index (χ1) is 13.0. The van der Waals surface area contributed by atoms with E-state index in [9.17, 15) is 9.59 Å². The largest absolute Gasteiger partial charge is 0.351 e. The molecular weight excluding hydrogens is 338 g/mol. The minimum Gasteiger partial charge on any atom is -0.351 e. The number of fused-ring (bicyclic) bond motifs is 1. The lowest BCUT2D eigenvalue weighted by Gasteiger charge is -2.37. The quantitative estimate of drug-likeness (QED) is 0.881. The highest BCUT2D eigenvalue weighted by atomic mass is 16.2. The Labute approximate surface area is 160 Å². The Bertz CT molecular complexity index is 856. The van der Waals surface area contributed by atoms with E-state index in [0.29, 0.717) is 37.8 Å². The molecule has 0 radical (unpaired) electrons. The Morgan fingerprint density at radius 3 is 2.30 bits per heavy atom. The molecule has 5 nitrogen and oxygen atoms in total. The standard InChI is InChI=1S/C22H29N3O2/c1-15-12-16(2)18-14-20(23-19(18)13-15)22(27)25-10-8-24(9-11-25)21(26)17-6-4-3-5-7-17/h12-14,17,23H,3-11H2,1-2H3. The van der Waals surface area contributed by atoms with Gasteiger partial charge in [0, 0.05) is 43.0 Å². The molecule has 0 spiro atoms. The van der Waals surface area contributed by atoms with Crippen molar-refractivity contribution in [1.29, 1.82) is 0 Å². The van der Waals surface area contributed by atoms with E-state index in [4.69, 9.17) is 0 Å². The van der Waals surface area contributed by atoms with Gasteiger partial charge in [-0.2, -0.15) is 0 Å². The van der Waals surface area contributed by atoms with Crippen molar-refractivity contribution in [2.75, 3.05) is 26.2 Å². The Morgan fingerprint density at radius 1 is 0.926 bits per heavy atom. The highest BCUT2D eigenvalue weighted by Gasteiger charge is 2.30. The predicted octanol–water partition coefficient (Wildman–Crippen LogP) is 3.65. The van der Waals surface area contributed by atoms with Gasteiger partial charge in [0.1, 0.15) is 5.69 Å². The zero-order valence-electron chi connectivity index (χ0n) is 16.4. The zero-order chi connectivity index (χ0) is 19.0. The summed E-state index contributed by atoms with van der Waals surface area (Å²) in [5, 5.41) is 1.11. The third-order valence-electron chi connectivity index (χ3n) is 6.15. The number of H-pyrrole nitrogens is 1. The average Bonchev–Trinajstić information content (AvgIpc) is 3.12. The molecular formula is C22H29N3O2. The molecule has 1 aliphatic heterocycles. The molecule has 1 aliphatic carbocycles. The molecule has 4 rings (SSSR count). The van der Waals surface area contributed by atoms with E-state index in [0.717, 1.165) is 23.7 Å². The van der Waals surface area contributed by atoms with Crippen molar-refractivity contribution in [3.05, 3.63) is 35.0 Å². The summed E-state index contributed by atoms with van der Waals surface area (Å²) in [5.74, 6) is 0.549. The van der Waals surface area contributed by atoms with Gasteiger partial charge in [0.2, 0.25) is 5.91 Å². The van der Waals surface area contributed by atoms with Crippen molar-refractivity contribution in [2.24, 2.45) is 5.92 Å². The van der Waals surface area contributed by atoms with Crippen LogP contribution >= 0.6 is 0 Å². The lowest BCUT2D eigenvalue weighted by atomic mass is 9.88. The van der Waals surface area contributed by atoms with Crippen LogP contribution in [0.5, 0.6) is 0 Å². The number of nitrogens with one attached hydrogen (secondary N) is 1. The van der Waals surface area contributed by atoms with Crippen LogP contribution in [0.15, 0.2) is 18.2 Å². The van der Waals surface area contributed by atoms with E-state index < -0.39 is 0 Å². The SMILES string of the molecule is Cc1cc(C)c2cc(C(=O)N3CCN(C(=O)C4CCCCC4)CC3)[nH]c2c1. The summed E-state index contributed by atoms with van der Waals surface area (Å²) >= 11 is 0. The second kappa shape index (κ2) is 7.37. The van der Waals surface area contributed by atoms with Crippen LogP contribution < -0.4 is 0 Å². The highest BCUT2D eigenvalue weighted by Crippen LogP contribution is 2.26. The van der Waals surface area contributed by atoms with Gasteiger partial charge in [-0.1, -0.05) is 25.3 Å². The molecule has 2 amide bonds. The summed E-state index contributed by atoms with van der Waals surface area (Å²) in [7, 11) is 0. The van der Waals surface area contributed by atoms with Crippen LogP contribution in [0.25, 0.3) is 10.9 Å². The number of aromatic nitrogens is 1. The van der Waals surface area contributed by atoms with Crippen molar-refractivity contribution in [2.45, 2.75) is 46.0 Å². The van der Waals surface area contributed by atoms with Crippen molar-refractivity contribution in [3.8, 4) is 0 Å². The van der Waals surface area contributed by atoms with E-state index >= 15 is 0 Å². The number of nitrogens with zero attached hydrogens (tertiary/aromatic N) is 2. The van der Waals surface area contributed by atoms with E-state index in [-0.39, 0.29) is 11.8 Å². The van der Waals surface area contributed by atoms with Gasteiger partial charge in [0.15, 0.2) is 0 Å². The fourth-order valence-electron chi connectivity index (χ4n) is 4.62. The molecule has 0 bridgehead atoms. The molecule has 2 fully saturated rings. The maximum absolute atomic E-state index is 12.9. The number of piperazine rings is 1. The Kier molecular flexibility index (Phi) is 4.94. The fraction of sp³-hybridized carbons (Fsp3) is 0.545. The van der Waals surface area contributed by atoms with Crippen LogP contribution in [0.3, 0.4) is 0 Å². The molecule has 2 aromatic rings. The lowest BCUT2D eigenvalue weighted by molar-refractivity contribution is -0.138. The molecule has 1 aromatic heterocycles. The molecule has 5 heteroatoms. The minimum absolute atomic E-state index is 0.0352. The van der Waals surface area contributed by atoms with E-state index in [1.54, 1.807) is 0 Å².